The largest absolute Gasteiger partial charge is 0.368 e. The first-order valence-corrected chi connectivity index (χ1v) is 5.30. The minimum Gasteiger partial charge on any atom is -0.368 e. The Morgan fingerprint density at radius 1 is 1.58 bits per heavy atom. The Morgan fingerprint density at radius 3 is 3.08 bits per heavy atom. The summed E-state index contributed by atoms with van der Waals surface area (Å²) in [5.41, 5.74) is 0. The first kappa shape index (κ1) is 9.61. The molecule has 0 spiro atoms. The van der Waals surface area contributed by atoms with Crippen molar-refractivity contribution in [1.82, 2.24) is 9.97 Å². The van der Waals surface area contributed by atoms with E-state index < -0.39 is 0 Å². The molecule has 66 valence electrons. The van der Waals surface area contributed by atoms with Crippen molar-refractivity contribution in [3.05, 3.63) is 17.5 Å². The molecule has 1 N–H and O–H groups in total. The smallest absolute Gasteiger partial charge is 0.149 e. The highest BCUT2D eigenvalue weighted by Gasteiger charge is 1.93. The highest BCUT2D eigenvalue weighted by molar-refractivity contribution is 7.98. The fourth-order valence-corrected chi connectivity index (χ4v) is 1.16. The molecule has 0 saturated carbocycles. The lowest BCUT2D eigenvalue weighted by molar-refractivity contribution is 1.13. The van der Waals surface area contributed by atoms with Crippen LogP contribution in [0.5, 0.6) is 0 Å². The van der Waals surface area contributed by atoms with Gasteiger partial charge in [-0.05, 0) is 6.26 Å². The van der Waals surface area contributed by atoms with Crippen LogP contribution in [0.4, 0.5) is 5.82 Å². The molecule has 0 radical (unpaired) electrons. The van der Waals surface area contributed by atoms with E-state index in [2.05, 4.69) is 21.5 Å². The van der Waals surface area contributed by atoms with Gasteiger partial charge in [-0.3, -0.25) is 4.98 Å². The molecule has 0 aromatic carbocycles. The third-order valence-electron chi connectivity index (χ3n) is 1.22. The third-order valence-corrected chi connectivity index (χ3v) is 2.01. The van der Waals surface area contributed by atoms with Gasteiger partial charge >= 0.3 is 0 Å². The molecule has 0 fully saturated rings. The summed E-state index contributed by atoms with van der Waals surface area (Å²) in [4.78, 5) is 7.93. The van der Waals surface area contributed by atoms with E-state index in [-0.39, 0.29) is 0 Å². The maximum absolute atomic E-state index is 5.64. The van der Waals surface area contributed by atoms with Crippen molar-refractivity contribution in [1.29, 1.82) is 0 Å². The highest BCUT2D eigenvalue weighted by Crippen LogP contribution is 2.06. The van der Waals surface area contributed by atoms with Crippen LogP contribution in [0.15, 0.2) is 12.4 Å². The molecule has 3 nitrogen and oxygen atoms in total. The molecule has 12 heavy (non-hydrogen) atoms. The predicted molar refractivity (Wildman–Crippen MR) is 53.9 cm³/mol. The van der Waals surface area contributed by atoms with Gasteiger partial charge in [0, 0.05) is 12.3 Å². The Morgan fingerprint density at radius 2 is 2.42 bits per heavy atom. The van der Waals surface area contributed by atoms with Crippen LogP contribution in [0, 0.1) is 0 Å². The number of aromatic nitrogens is 2. The standard InChI is InChI=1S/C7H10ClN3S/c1-12-3-2-10-7-5-9-4-6(8)11-7/h4-5H,2-3H2,1H3,(H,10,11). The first-order chi connectivity index (χ1) is 5.83. The molecule has 0 atom stereocenters. The van der Waals surface area contributed by atoms with E-state index >= 15 is 0 Å². The lowest BCUT2D eigenvalue weighted by atomic mass is 10.6. The average Bonchev–Trinajstić information content (AvgIpc) is 2.05. The number of thioether (sulfide) groups is 1. The molecule has 0 saturated heterocycles. The Hall–Kier alpha value is -0.480. The summed E-state index contributed by atoms with van der Waals surface area (Å²) < 4.78 is 0. The molecule has 1 aromatic heterocycles. The zero-order chi connectivity index (χ0) is 8.81. The third kappa shape index (κ3) is 3.28. The number of hydrogen-bond donors (Lipinski definition) is 1. The van der Waals surface area contributed by atoms with Gasteiger partial charge in [0.15, 0.2) is 0 Å². The number of anilines is 1. The zero-order valence-electron chi connectivity index (χ0n) is 6.75. The van der Waals surface area contributed by atoms with Crippen molar-refractivity contribution < 1.29 is 0 Å². The summed E-state index contributed by atoms with van der Waals surface area (Å²) in [6, 6.07) is 0. The van der Waals surface area contributed by atoms with Gasteiger partial charge in [-0.25, -0.2) is 4.98 Å². The topological polar surface area (TPSA) is 37.8 Å². The van der Waals surface area contributed by atoms with Gasteiger partial charge in [0.1, 0.15) is 11.0 Å². The van der Waals surface area contributed by atoms with Gasteiger partial charge in [0.05, 0.1) is 12.4 Å². The summed E-state index contributed by atoms with van der Waals surface area (Å²) in [5, 5.41) is 3.53. The van der Waals surface area contributed by atoms with Gasteiger partial charge in [-0.1, -0.05) is 11.6 Å². The number of nitrogens with one attached hydrogen (secondary N) is 1. The summed E-state index contributed by atoms with van der Waals surface area (Å²) in [6.07, 6.45) is 5.23. The van der Waals surface area contributed by atoms with E-state index in [0.29, 0.717) is 5.15 Å². The second-order valence-corrected chi connectivity index (χ2v) is 3.52. The van der Waals surface area contributed by atoms with E-state index in [4.69, 9.17) is 11.6 Å². The Labute approximate surface area is 80.9 Å². The molecule has 0 unspecified atom stereocenters. The minimum atomic E-state index is 0.421. The lowest BCUT2D eigenvalue weighted by Crippen LogP contribution is -2.05. The van der Waals surface area contributed by atoms with Gasteiger partial charge in [0.25, 0.3) is 0 Å². The van der Waals surface area contributed by atoms with Crippen LogP contribution >= 0.6 is 23.4 Å². The quantitative estimate of drug-likeness (QED) is 0.759. The number of hydrogen-bond acceptors (Lipinski definition) is 4. The van der Waals surface area contributed by atoms with Gasteiger partial charge < -0.3 is 5.32 Å². The number of nitrogens with zero attached hydrogens (tertiary/aromatic N) is 2. The van der Waals surface area contributed by atoms with Crippen molar-refractivity contribution in [3.63, 3.8) is 0 Å². The van der Waals surface area contributed by atoms with Crippen LogP contribution in [-0.2, 0) is 0 Å². The van der Waals surface area contributed by atoms with Crippen LogP contribution < -0.4 is 5.32 Å². The molecule has 1 aromatic rings. The van der Waals surface area contributed by atoms with Gasteiger partial charge in [-0.15, -0.1) is 0 Å². The van der Waals surface area contributed by atoms with Crippen LogP contribution in [-0.4, -0.2) is 28.5 Å². The van der Waals surface area contributed by atoms with E-state index in [0.717, 1.165) is 18.1 Å². The fraction of sp³-hybridized carbons (Fsp3) is 0.429. The predicted octanol–water partition coefficient (Wildman–Crippen LogP) is 1.90. The summed E-state index contributed by atoms with van der Waals surface area (Å²) in [6.45, 7) is 0.885. The monoisotopic (exact) mass is 203 g/mol. The van der Waals surface area contributed by atoms with Crippen molar-refractivity contribution in [2.24, 2.45) is 0 Å². The normalized spacial score (nSPS) is 9.83. The number of halogens is 1. The Bertz CT molecular complexity index is 244. The van der Waals surface area contributed by atoms with Gasteiger partial charge in [-0.2, -0.15) is 11.8 Å². The second kappa shape index (κ2) is 5.22. The maximum atomic E-state index is 5.64. The summed E-state index contributed by atoms with van der Waals surface area (Å²) in [7, 11) is 0. The number of rotatable bonds is 4. The molecule has 0 aliphatic heterocycles. The summed E-state index contributed by atoms with van der Waals surface area (Å²) >= 11 is 7.42. The van der Waals surface area contributed by atoms with Crippen molar-refractivity contribution in [3.8, 4) is 0 Å². The highest BCUT2D eigenvalue weighted by atomic mass is 35.5. The van der Waals surface area contributed by atoms with E-state index in [1.54, 1.807) is 18.0 Å². The second-order valence-electron chi connectivity index (χ2n) is 2.15. The van der Waals surface area contributed by atoms with Crippen molar-refractivity contribution >= 4 is 29.2 Å². The minimum absolute atomic E-state index is 0.421. The van der Waals surface area contributed by atoms with Crippen molar-refractivity contribution in [2.75, 3.05) is 23.9 Å². The van der Waals surface area contributed by atoms with Crippen LogP contribution in [0.3, 0.4) is 0 Å². The summed E-state index contributed by atoms with van der Waals surface area (Å²) in [5.74, 6) is 1.78. The molecule has 0 aliphatic carbocycles. The van der Waals surface area contributed by atoms with Crippen LogP contribution in [0.1, 0.15) is 0 Å². The molecular formula is C7H10ClN3S. The van der Waals surface area contributed by atoms with Crippen molar-refractivity contribution in [2.45, 2.75) is 0 Å². The molecule has 0 amide bonds. The molecule has 5 heteroatoms. The molecule has 0 aliphatic rings. The average molecular weight is 204 g/mol. The van der Waals surface area contributed by atoms with E-state index in [1.165, 1.54) is 6.20 Å². The molecular weight excluding hydrogens is 194 g/mol. The SMILES string of the molecule is CSCCNc1cncc(Cl)n1. The molecule has 1 heterocycles. The fourth-order valence-electron chi connectivity index (χ4n) is 0.709. The van der Waals surface area contributed by atoms with Gasteiger partial charge in [0.2, 0.25) is 0 Å². The Balaban J connectivity index is 2.41. The zero-order valence-corrected chi connectivity index (χ0v) is 8.32. The van der Waals surface area contributed by atoms with Crippen LogP contribution in [0.25, 0.3) is 0 Å². The van der Waals surface area contributed by atoms with E-state index in [1.807, 2.05) is 0 Å². The first-order valence-electron chi connectivity index (χ1n) is 3.53. The maximum Gasteiger partial charge on any atom is 0.149 e. The lowest BCUT2D eigenvalue weighted by Gasteiger charge is -2.02. The van der Waals surface area contributed by atoms with Crippen LogP contribution in [0.2, 0.25) is 5.15 Å². The molecule has 1 rings (SSSR count). The Kier molecular flexibility index (Phi) is 4.18. The van der Waals surface area contributed by atoms with E-state index in [9.17, 15) is 0 Å². The molecule has 0 bridgehead atoms.